The molecule has 1 fully saturated rings. The van der Waals surface area contributed by atoms with Crippen LogP contribution in [0.5, 0.6) is 0 Å². The van der Waals surface area contributed by atoms with E-state index in [1.165, 1.54) is 36.8 Å². The zero-order valence-corrected chi connectivity index (χ0v) is 13.8. The van der Waals surface area contributed by atoms with Gasteiger partial charge in [-0.2, -0.15) is 0 Å². The fourth-order valence-corrected chi connectivity index (χ4v) is 3.66. The average molecular weight is 348 g/mol. The molecule has 4 nitrogen and oxygen atoms in total. The minimum atomic E-state index is 0.438. The van der Waals surface area contributed by atoms with Gasteiger partial charge < -0.3 is 0 Å². The summed E-state index contributed by atoms with van der Waals surface area (Å²) in [6, 6.07) is 8.85. The molecule has 1 spiro atoms. The second kappa shape index (κ2) is 5.74. The number of nitrogens with zero attached hydrogens (tertiary/aromatic N) is 2. The van der Waals surface area contributed by atoms with Gasteiger partial charge in [0, 0.05) is 0 Å². The third-order valence-corrected chi connectivity index (χ3v) is 4.94. The van der Waals surface area contributed by atoms with Crippen molar-refractivity contribution in [3.05, 3.63) is 46.2 Å². The van der Waals surface area contributed by atoms with Crippen molar-refractivity contribution in [2.24, 2.45) is 21.9 Å². The van der Waals surface area contributed by atoms with E-state index in [4.69, 9.17) is 11.5 Å². The molecule has 1 heterocycles. The Bertz CT molecular complexity index is 555. The molecule has 1 saturated heterocycles. The molecular weight excluding hydrogens is 327 g/mol. The van der Waals surface area contributed by atoms with Crippen LogP contribution in [0, 0.1) is 5.41 Å². The van der Waals surface area contributed by atoms with Crippen LogP contribution in [-0.4, -0.2) is 40.0 Å². The number of nitrogens with two attached hydrogens (primary N) is 2. The molecule has 5 heteroatoms. The molecule has 1 aliphatic carbocycles. The zero-order valence-electron chi connectivity index (χ0n) is 12.1. The van der Waals surface area contributed by atoms with Gasteiger partial charge >= 0.3 is 134 Å². The van der Waals surface area contributed by atoms with Crippen LogP contribution in [0.4, 0.5) is 0 Å². The third kappa shape index (κ3) is 3.09. The number of benzene rings is 1. The Hall–Kier alpha value is -1.45. The van der Waals surface area contributed by atoms with Gasteiger partial charge in [-0.05, 0) is 0 Å². The van der Waals surface area contributed by atoms with E-state index in [0.29, 0.717) is 16.0 Å². The summed E-state index contributed by atoms with van der Waals surface area (Å²) in [5.41, 5.74) is 15.1. The second-order valence-electron chi connectivity index (χ2n) is 6.13. The Balaban J connectivity index is 1.64. The van der Waals surface area contributed by atoms with Crippen molar-refractivity contribution >= 4 is 22.0 Å². The van der Waals surface area contributed by atoms with Crippen LogP contribution >= 0.6 is 0 Å². The number of likely N-dealkylation sites (tertiary alicyclic amines) is 1. The van der Waals surface area contributed by atoms with E-state index in [1.54, 1.807) is 6.20 Å². The summed E-state index contributed by atoms with van der Waals surface area (Å²) in [4.78, 5) is 6.36. The Kier molecular flexibility index (Phi) is 3.96. The van der Waals surface area contributed by atoms with E-state index in [1.807, 2.05) is 0 Å². The quantitative estimate of drug-likeness (QED) is 0.454. The van der Waals surface area contributed by atoms with Crippen molar-refractivity contribution in [3.63, 3.8) is 0 Å². The van der Waals surface area contributed by atoms with Crippen LogP contribution in [0.3, 0.4) is 0 Å². The maximum atomic E-state index is 6.03. The first-order valence-corrected chi connectivity index (χ1v) is 8.21. The fourth-order valence-electron chi connectivity index (χ4n) is 3.55. The van der Waals surface area contributed by atoms with Gasteiger partial charge in [-0.25, -0.2) is 0 Å². The van der Waals surface area contributed by atoms with Crippen molar-refractivity contribution in [1.29, 1.82) is 0 Å². The van der Waals surface area contributed by atoms with E-state index in [-0.39, 0.29) is 0 Å². The van der Waals surface area contributed by atoms with Crippen LogP contribution in [0.25, 0.3) is 0 Å². The molecule has 0 aromatic heterocycles. The SMILES string of the molecule is NC(=N/C=C(\N)[Se])N1CCC2(CC1)Cc1ccccc1C2. The van der Waals surface area contributed by atoms with Crippen LogP contribution in [0.2, 0.25) is 0 Å². The fraction of sp³-hybridized carbons (Fsp3) is 0.438. The Labute approximate surface area is 134 Å². The van der Waals surface area contributed by atoms with Gasteiger partial charge in [-0.3, -0.25) is 0 Å². The normalized spacial score (nSPS) is 21.6. The molecule has 21 heavy (non-hydrogen) atoms. The topological polar surface area (TPSA) is 67.6 Å². The summed E-state index contributed by atoms with van der Waals surface area (Å²) in [6.07, 6.45) is 6.35. The number of piperidine rings is 1. The molecule has 3 rings (SSSR count). The molecule has 1 aromatic rings. The molecule has 2 aliphatic rings. The average Bonchev–Trinajstić information content (AvgIpc) is 2.83. The van der Waals surface area contributed by atoms with Crippen LogP contribution in [0.15, 0.2) is 40.1 Å². The monoisotopic (exact) mass is 349 g/mol. The summed E-state index contributed by atoms with van der Waals surface area (Å²) in [5.74, 6) is 0.568. The van der Waals surface area contributed by atoms with Crippen LogP contribution in [0.1, 0.15) is 24.0 Å². The van der Waals surface area contributed by atoms with Crippen molar-refractivity contribution < 1.29 is 0 Å². The zero-order chi connectivity index (χ0) is 14.9. The first kappa shape index (κ1) is 14.5. The predicted octanol–water partition coefficient (Wildman–Crippen LogP) is 1.11. The molecule has 0 bridgehead atoms. The predicted molar refractivity (Wildman–Crippen MR) is 86.7 cm³/mol. The van der Waals surface area contributed by atoms with Gasteiger partial charge in [-0.15, -0.1) is 0 Å². The van der Waals surface area contributed by atoms with E-state index < -0.39 is 0 Å². The number of hydrogen-bond donors (Lipinski definition) is 2. The van der Waals surface area contributed by atoms with Gasteiger partial charge in [0.05, 0.1) is 0 Å². The molecule has 111 valence electrons. The molecule has 0 saturated carbocycles. The van der Waals surface area contributed by atoms with E-state index in [2.05, 4.69) is 50.2 Å². The Morgan fingerprint density at radius 1 is 1.14 bits per heavy atom. The number of fused-ring (bicyclic) bond motifs is 1. The summed E-state index contributed by atoms with van der Waals surface area (Å²) in [6.45, 7) is 1.95. The summed E-state index contributed by atoms with van der Waals surface area (Å²) in [7, 11) is 0. The summed E-state index contributed by atoms with van der Waals surface area (Å²) >= 11 is 2.71. The number of guanidine groups is 1. The summed E-state index contributed by atoms with van der Waals surface area (Å²) < 4.78 is 0.553. The second-order valence-corrected chi connectivity index (χ2v) is 7.12. The maximum absolute atomic E-state index is 6.03. The van der Waals surface area contributed by atoms with E-state index in [0.717, 1.165) is 13.1 Å². The molecule has 0 unspecified atom stereocenters. The molecule has 1 radical (unpaired) electrons. The van der Waals surface area contributed by atoms with Crippen molar-refractivity contribution in [1.82, 2.24) is 4.90 Å². The Morgan fingerprint density at radius 2 is 1.71 bits per heavy atom. The Morgan fingerprint density at radius 3 is 2.24 bits per heavy atom. The molecule has 0 atom stereocenters. The number of hydrogen-bond acceptors (Lipinski definition) is 2. The van der Waals surface area contributed by atoms with Crippen molar-refractivity contribution in [2.75, 3.05) is 13.1 Å². The van der Waals surface area contributed by atoms with Gasteiger partial charge in [-0.1, -0.05) is 0 Å². The minimum absolute atomic E-state index is 0.438. The van der Waals surface area contributed by atoms with Crippen molar-refractivity contribution in [3.8, 4) is 0 Å². The first-order valence-electron chi connectivity index (χ1n) is 7.36. The van der Waals surface area contributed by atoms with Crippen molar-refractivity contribution in [2.45, 2.75) is 25.7 Å². The van der Waals surface area contributed by atoms with E-state index >= 15 is 0 Å². The molecule has 0 amide bonds. The van der Waals surface area contributed by atoms with Crippen LogP contribution in [-0.2, 0) is 12.8 Å². The number of aliphatic imine (C=N–C) groups is 1. The van der Waals surface area contributed by atoms with Gasteiger partial charge in [0.15, 0.2) is 0 Å². The first-order chi connectivity index (χ1) is 10.1. The van der Waals surface area contributed by atoms with Gasteiger partial charge in [0.2, 0.25) is 0 Å². The summed E-state index contributed by atoms with van der Waals surface area (Å²) in [5, 5.41) is 0. The number of rotatable bonds is 1. The molecule has 4 N–H and O–H groups in total. The van der Waals surface area contributed by atoms with Crippen LogP contribution < -0.4 is 11.5 Å². The van der Waals surface area contributed by atoms with Gasteiger partial charge in [0.1, 0.15) is 0 Å². The third-order valence-electron chi connectivity index (χ3n) is 4.72. The van der Waals surface area contributed by atoms with E-state index in [9.17, 15) is 0 Å². The molecule has 1 aliphatic heterocycles. The standard InChI is InChI=1S/C16H21N4Se/c17-14(21)11-19-15(18)20-7-5-16(6-8-20)9-12-3-1-2-4-13(12)10-16/h1-4,11H,5-10,17H2,(H2,18,19)/b14-11+. The molecule has 1 aromatic carbocycles. The van der Waals surface area contributed by atoms with Gasteiger partial charge in [0.25, 0.3) is 0 Å². The molecular formula is C16H21N4Se.